The minimum Gasteiger partial charge on any atom is -0.496 e. The van der Waals surface area contributed by atoms with Gasteiger partial charge in [0.25, 0.3) is 0 Å². The van der Waals surface area contributed by atoms with Gasteiger partial charge in [0.2, 0.25) is 0 Å². The van der Waals surface area contributed by atoms with E-state index >= 15 is 0 Å². The first-order valence-electron chi connectivity index (χ1n) is 9.22. The van der Waals surface area contributed by atoms with Crippen molar-refractivity contribution in [3.05, 3.63) is 71.8 Å². The number of benzene rings is 3. The Bertz CT molecular complexity index is 1100. The highest BCUT2D eigenvalue weighted by Crippen LogP contribution is 2.35. The lowest BCUT2D eigenvalue weighted by Gasteiger charge is -2.12. The van der Waals surface area contributed by atoms with Crippen LogP contribution in [0.15, 0.2) is 60.7 Å². The molecular weight excluding hydrogens is 384 g/mol. The lowest BCUT2D eigenvalue weighted by atomic mass is 10.0. The molecule has 0 N–H and O–H groups in total. The van der Waals surface area contributed by atoms with Crippen LogP contribution in [0.25, 0.3) is 16.8 Å². The molecule has 0 spiro atoms. The summed E-state index contributed by atoms with van der Waals surface area (Å²) in [7, 11) is 4.56. The number of esters is 1. The number of Topliss-reactive ketones (excluding diaryl/α,β-unsaturated/α-hetero) is 1. The summed E-state index contributed by atoms with van der Waals surface area (Å²) in [6.07, 6.45) is 2.76. The molecule has 0 fully saturated rings. The standard InChI is InChI=1S/C24H22O6/c1-27-21-14-23(29-3)22(28-2)13-19(21)10-11-24(26)30-15-20(25)18-9-8-16-6-4-5-7-17(16)12-18/h4-14H,15H2,1-3H3/b11-10+. The fourth-order valence-electron chi connectivity index (χ4n) is 2.97. The van der Waals surface area contributed by atoms with Gasteiger partial charge in [-0.05, 0) is 29.0 Å². The van der Waals surface area contributed by atoms with E-state index in [0.717, 1.165) is 10.8 Å². The maximum atomic E-state index is 12.4. The van der Waals surface area contributed by atoms with Gasteiger partial charge in [-0.15, -0.1) is 0 Å². The summed E-state index contributed by atoms with van der Waals surface area (Å²) in [4.78, 5) is 24.5. The first-order valence-corrected chi connectivity index (χ1v) is 9.22. The van der Waals surface area contributed by atoms with Gasteiger partial charge in [-0.25, -0.2) is 4.79 Å². The number of fused-ring (bicyclic) bond motifs is 1. The van der Waals surface area contributed by atoms with Crippen molar-refractivity contribution in [3.8, 4) is 17.2 Å². The van der Waals surface area contributed by atoms with Crippen LogP contribution in [0.2, 0.25) is 0 Å². The largest absolute Gasteiger partial charge is 0.496 e. The van der Waals surface area contributed by atoms with Crippen LogP contribution >= 0.6 is 0 Å². The minimum atomic E-state index is -0.638. The molecule has 0 aliphatic rings. The predicted molar refractivity (Wildman–Crippen MR) is 114 cm³/mol. The zero-order valence-corrected chi connectivity index (χ0v) is 17.0. The van der Waals surface area contributed by atoms with E-state index in [1.807, 2.05) is 30.3 Å². The Hall–Kier alpha value is -3.80. The summed E-state index contributed by atoms with van der Waals surface area (Å²) < 4.78 is 20.9. The number of carbonyl (C=O) groups excluding carboxylic acids is 2. The van der Waals surface area contributed by atoms with Crippen molar-refractivity contribution in [2.24, 2.45) is 0 Å². The number of hydrogen-bond donors (Lipinski definition) is 0. The van der Waals surface area contributed by atoms with Crippen LogP contribution < -0.4 is 14.2 Å². The van der Waals surface area contributed by atoms with Gasteiger partial charge in [-0.2, -0.15) is 0 Å². The topological polar surface area (TPSA) is 71.1 Å². The summed E-state index contributed by atoms with van der Waals surface area (Å²) >= 11 is 0. The van der Waals surface area contributed by atoms with Gasteiger partial charge in [0.1, 0.15) is 5.75 Å². The molecule has 154 valence electrons. The van der Waals surface area contributed by atoms with Crippen molar-refractivity contribution in [2.45, 2.75) is 0 Å². The smallest absolute Gasteiger partial charge is 0.331 e. The van der Waals surface area contributed by atoms with Crippen molar-refractivity contribution in [2.75, 3.05) is 27.9 Å². The fraction of sp³-hybridized carbons (Fsp3) is 0.167. The summed E-state index contributed by atoms with van der Waals surface area (Å²) in [5.74, 6) is 0.601. The Morgan fingerprint density at radius 1 is 0.800 bits per heavy atom. The van der Waals surface area contributed by atoms with Gasteiger partial charge in [-0.1, -0.05) is 36.4 Å². The first kappa shape index (κ1) is 20.9. The molecule has 0 aromatic heterocycles. The zero-order valence-electron chi connectivity index (χ0n) is 17.0. The highest BCUT2D eigenvalue weighted by molar-refractivity contribution is 6.02. The van der Waals surface area contributed by atoms with Crippen molar-refractivity contribution in [3.63, 3.8) is 0 Å². The van der Waals surface area contributed by atoms with E-state index in [4.69, 9.17) is 18.9 Å². The molecule has 0 aliphatic carbocycles. The molecule has 0 aliphatic heterocycles. The van der Waals surface area contributed by atoms with Crippen molar-refractivity contribution in [1.29, 1.82) is 0 Å². The maximum Gasteiger partial charge on any atom is 0.331 e. The second-order valence-electron chi connectivity index (χ2n) is 6.38. The van der Waals surface area contributed by atoms with Crippen LogP contribution in [-0.2, 0) is 9.53 Å². The van der Waals surface area contributed by atoms with Gasteiger partial charge < -0.3 is 18.9 Å². The third-order valence-corrected chi connectivity index (χ3v) is 4.55. The molecule has 30 heavy (non-hydrogen) atoms. The molecule has 3 aromatic carbocycles. The van der Waals surface area contributed by atoms with E-state index in [9.17, 15) is 9.59 Å². The molecule has 0 bridgehead atoms. The Morgan fingerprint density at radius 3 is 2.17 bits per heavy atom. The van der Waals surface area contributed by atoms with Crippen LogP contribution in [0.4, 0.5) is 0 Å². The van der Waals surface area contributed by atoms with Crippen LogP contribution in [-0.4, -0.2) is 39.7 Å². The molecule has 6 nitrogen and oxygen atoms in total. The lowest BCUT2D eigenvalue weighted by molar-refractivity contribution is -0.136. The Labute approximate surface area is 174 Å². The average Bonchev–Trinajstić information content (AvgIpc) is 2.80. The second kappa shape index (κ2) is 9.60. The van der Waals surface area contributed by atoms with Crippen LogP contribution in [0, 0.1) is 0 Å². The lowest BCUT2D eigenvalue weighted by Crippen LogP contribution is -2.12. The fourth-order valence-corrected chi connectivity index (χ4v) is 2.97. The molecule has 0 radical (unpaired) electrons. The summed E-state index contributed by atoms with van der Waals surface area (Å²) in [6, 6.07) is 16.5. The zero-order chi connectivity index (χ0) is 21.5. The quantitative estimate of drug-likeness (QED) is 0.315. The van der Waals surface area contributed by atoms with Crippen LogP contribution in [0.5, 0.6) is 17.2 Å². The van der Waals surface area contributed by atoms with Crippen molar-refractivity contribution >= 4 is 28.6 Å². The predicted octanol–water partition coefficient (Wildman–Crippen LogP) is 4.30. The van der Waals surface area contributed by atoms with E-state index in [2.05, 4.69) is 0 Å². The van der Waals surface area contributed by atoms with E-state index < -0.39 is 5.97 Å². The Balaban J connectivity index is 1.66. The molecule has 3 aromatic rings. The number of hydrogen-bond acceptors (Lipinski definition) is 6. The van der Waals surface area contributed by atoms with Crippen LogP contribution in [0.1, 0.15) is 15.9 Å². The molecule has 0 unspecified atom stereocenters. The third-order valence-electron chi connectivity index (χ3n) is 4.55. The van der Waals surface area contributed by atoms with E-state index in [0.29, 0.717) is 28.4 Å². The van der Waals surface area contributed by atoms with Crippen molar-refractivity contribution in [1.82, 2.24) is 0 Å². The number of carbonyl (C=O) groups is 2. The summed E-state index contributed by atoms with van der Waals surface area (Å²) in [6.45, 7) is -0.343. The second-order valence-corrected chi connectivity index (χ2v) is 6.38. The molecular formula is C24H22O6. The molecule has 0 saturated heterocycles. The highest BCUT2D eigenvalue weighted by Gasteiger charge is 2.12. The SMILES string of the molecule is COc1cc(OC)c(OC)cc1/C=C/C(=O)OCC(=O)c1ccc2ccccc2c1. The molecule has 6 heteroatoms. The third kappa shape index (κ3) is 4.78. The van der Waals surface area contributed by atoms with E-state index in [1.54, 1.807) is 24.3 Å². The van der Waals surface area contributed by atoms with Gasteiger partial charge in [-0.3, -0.25) is 4.79 Å². The maximum absolute atomic E-state index is 12.4. The normalized spacial score (nSPS) is 10.8. The van der Waals surface area contributed by atoms with E-state index in [1.165, 1.54) is 33.5 Å². The minimum absolute atomic E-state index is 0.272. The van der Waals surface area contributed by atoms with Gasteiger partial charge in [0.15, 0.2) is 23.9 Å². The molecule has 0 heterocycles. The number of ketones is 1. The molecule has 0 saturated carbocycles. The van der Waals surface area contributed by atoms with E-state index in [-0.39, 0.29) is 12.4 Å². The monoisotopic (exact) mass is 406 g/mol. The average molecular weight is 406 g/mol. The summed E-state index contributed by atoms with van der Waals surface area (Å²) in [5.41, 5.74) is 1.10. The number of methoxy groups -OCH3 is 3. The highest BCUT2D eigenvalue weighted by atomic mass is 16.5. The van der Waals surface area contributed by atoms with Gasteiger partial charge >= 0.3 is 5.97 Å². The van der Waals surface area contributed by atoms with Gasteiger partial charge in [0, 0.05) is 23.3 Å². The first-order chi connectivity index (χ1) is 14.5. The Kier molecular flexibility index (Phi) is 6.70. The Morgan fingerprint density at radius 2 is 1.47 bits per heavy atom. The number of rotatable bonds is 8. The van der Waals surface area contributed by atoms with Gasteiger partial charge in [0.05, 0.1) is 21.3 Å². The molecule has 3 rings (SSSR count). The molecule has 0 amide bonds. The molecule has 0 atom stereocenters. The van der Waals surface area contributed by atoms with Crippen LogP contribution in [0.3, 0.4) is 0 Å². The summed E-state index contributed by atoms with van der Waals surface area (Å²) in [5, 5.41) is 1.99. The van der Waals surface area contributed by atoms with Crippen molar-refractivity contribution < 1.29 is 28.5 Å². The number of ether oxygens (including phenoxy) is 4.